The van der Waals surface area contributed by atoms with Gasteiger partial charge in [-0.15, -0.1) is 0 Å². The first-order valence-electron chi connectivity index (χ1n) is 7.56. The van der Waals surface area contributed by atoms with Gasteiger partial charge < -0.3 is 5.73 Å². The highest BCUT2D eigenvalue weighted by Crippen LogP contribution is 2.37. The van der Waals surface area contributed by atoms with Crippen molar-refractivity contribution in [3.05, 3.63) is 35.4 Å². The summed E-state index contributed by atoms with van der Waals surface area (Å²) in [5, 5.41) is 0. The fourth-order valence-electron chi connectivity index (χ4n) is 2.84. The molecule has 0 aliphatic heterocycles. The summed E-state index contributed by atoms with van der Waals surface area (Å²) in [6, 6.07) is 9.98. The van der Waals surface area contributed by atoms with Crippen LogP contribution in [-0.2, 0) is 0 Å². The molecule has 0 radical (unpaired) electrons. The van der Waals surface area contributed by atoms with Gasteiger partial charge in [0, 0.05) is 18.6 Å². The van der Waals surface area contributed by atoms with E-state index >= 15 is 0 Å². The van der Waals surface area contributed by atoms with E-state index in [-0.39, 0.29) is 0 Å². The van der Waals surface area contributed by atoms with Crippen LogP contribution < -0.4 is 5.73 Å². The van der Waals surface area contributed by atoms with Gasteiger partial charge in [0.15, 0.2) is 0 Å². The fraction of sp³-hybridized carbons (Fsp3) is 0.647. The fourth-order valence-corrected chi connectivity index (χ4v) is 2.84. The van der Waals surface area contributed by atoms with Crippen LogP contribution in [0.3, 0.4) is 0 Å². The summed E-state index contributed by atoms with van der Waals surface area (Å²) in [4.78, 5) is 2.46. The van der Waals surface area contributed by atoms with Gasteiger partial charge in [-0.1, -0.05) is 38.1 Å². The molecule has 19 heavy (non-hydrogen) atoms. The maximum absolute atomic E-state index is 6.02. The number of rotatable bonds is 6. The van der Waals surface area contributed by atoms with Gasteiger partial charge in [0.1, 0.15) is 0 Å². The summed E-state index contributed by atoms with van der Waals surface area (Å²) in [6.45, 7) is 7.49. The Morgan fingerprint density at radius 1 is 1.11 bits per heavy atom. The molecule has 0 amide bonds. The minimum atomic E-state index is 0.344. The molecule has 1 aromatic rings. The van der Waals surface area contributed by atoms with Crippen LogP contribution >= 0.6 is 0 Å². The third-order valence-electron chi connectivity index (χ3n) is 4.65. The summed E-state index contributed by atoms with van der Waals surface area (Å²) in [7, 11) is 2.22. The Labute approximate surface area is 118 Å². The Balaban J connectivity index is 2.11. The average molecular weight is 260 g/mol. The number of likely N-dealkylation sites (N-methyl/N-ethyl adjacent to an activating group) is 1. The van der Waals surface area contributed by atoms with Crippen LogP contribution in [-0.4, -0.2) is 24.5 Å². The lowest BCUT2D eigenvalue weighted by atomic mass is 9.97. The highest BCUT2D eigenvalue weighted by Gasteiger charge is 2.33. The molecule has 2 unspecified atom stereocenters. The summed E-state index contributed by atoms with van der Waals surface area (Å²) in [6.07, 6.45) is 2.77. The zero-order valence-corrected chi connectivity index (χ0v) is 12.8. The zero-order valence-electron chi connectivity index (χ0n) is 12.8. The van der Waals surface area contributed by atoms with Crippen LogP contribution in [0.1, 0.15) is 56.7 Å². The first-order valence-corrected chi connectivity index (χ1v) is 7.56. The molecule has 0 aromatic heterocycles. The van der Waals surface area contributed by atoms with Crippen molar-refractivity contribution in [1.29, 1.82) is 0 Å². The van der Waals surface area contributed by atoms with Gasteiger partial charge in [0.25, 0.3) is 0 Å². The number of hydrogen-bond donors (Lipinski definition) is 1. The lowest BCUT2D eigenvalue weighted by Crippen LogP contribution is -2.38. The minimum Gasteiger partial charge on any atom is -0.329 e. The largest absolute Gasteiger partial charge is 0.329 e. The van der Waals surface area contributed by atoms with Crippen LogP contribution in [0.5, 0.6) is 0 Å². The maximum atomic E-state index is 6.02. The predicted octanol–water partition coefficient (Wildman–Crippen LogP) is 3.54. The lowest BCUT2D eigenvalue weighted by molar-refractivity contribution is 0.171. The zero-order chi connectivity index (χ0) is 14.0. The first kappa shape index (κ1) is 14.5. The van der Waals surface area contributed by atoms with E-state index in [9.17, 15) is 0 Å². The second kappa shape index (κ2) is 6.06. The molecule has 1 fully saturated rings. The average Bonchev–Trinajstić information content (AvgIpc) is 3.23. The van der Waals surface area contributed by atoms with E-state index in [2.05, 4.69) is 57.0 Å². The molecule has 0 heterocycles. The molecule has 2 heteroatoms. The molecule has 2 N–H and O–H groups in total. The molecule has 1 aliphatic rings. The number of hydrogen-bond acceptors (Lipinski definition) is 2. The van der Waals surface area contributed by atoms with Crippen molar-refractivity contribution in [1.82, 2.24) is 4.90 Å². The Morgan fingerprint density at radius 3 is 2.05 bits per heavy atom. The van der Waals surface area contributed by atoms with Crippen LogP contribution in [0, 0.1) is 5.92 Å². The molecule has 1 aromatic carbocycles. The highest BCUT2D eigenvalue weighted by atomic mass is 15.2. The quantitative estimate of drug-likeness (QED) is 0.847. The smallest absolute Gasteiger partial charge is 0.0470 e. The van der Waals surface area contributed by atoms with E-state index < -0.39 is 0 Å². The molecule has 2 nitrogen and oxygen atoms in total. The van der Waals surface area contributed by atoms with Crippen molar-refractivity contribution in [2.75, 3.05) is 13.6 Å². The number of benzene rings is 1. The lowest BCUT2D eigenvalue weighted by Gasteiger charge is -2.33. The molecule has 106 valence electrons. The van der Waals surface area contributed by atoms with Crippen molar-refractivity contribution in [3.8, 4) is 0 Å². The summed E-state index contributed by atoms with van der Waals surface area (Å²) in [5.41, 5.74) is 8.77. The van der Waals surface area contributed by atoms with E-state index in [1.165, 1.54) is 24.0 Å². The molecule has 2 atom stereocenters. The molecular formula is C17H28N2. The predicted molar refractivity (Wildman–Crippen MR) is 82.3 cm³/mol. The van der Waals surface area contributed by atoms with Crippen molar-refractivity contribution < 1.29 is 0 Å². The third kappa shape index (κ3) is 3.37. The van der Waals surface area contributed by atoms with Gasteiger partial charge in [-0.2, -0.15) is 0 Å². The number of nitrogens with zero attached hydrogens (tertiary/aromatic N) is 1. The first-order chi connectivity index (χ1) is 9.04. The van der Waals surface area contributed by atoms with E-state index in [1.54, 1.807) is 0 Å². The van der Waals surface area contributed by atoms with Crippen molar-refractivity contribution in [2.24, 2.45) is 11.7 Å². The number of nitrogens with two attached hydrogens (primary N) is 1. The topological polar surface area (TPSA) is 29.3 Å². The van der Waals surface area contributed by atoms with E-state index in [0.717, 1.165) is 5.92 Å². The van der Waals surface area contributed by atoms with Gasteiger partial charge in [0.2, 0.25) is 0 Å². The Morgan fingerprint density at radius 2 is 1.63 bits per heavy atom. The van der Waals surface area contributed by atoms with Gasteiger partial charge in [-0.05, 0) is 49.8 Å². The van der Waals surface area contributed by atoms with Gasteiger partial charge in [-0.3, -0.25) is 4.90 Å². The van der Waals surface area contributed by atoms with E-state index in [0.29, 0.717) is 24.5 Å². The molecule has 0 saturated heterocycles. The molecule has 0 spiro atoms. The Kier molecular flexibility index (Phi) is 4.64. The Hall–Kier alpha value is -0.860. The molecule has 2 rings (SSSR count). The molecule has 1 aliphatic carbocycles. The third-order valence-corrected chi connectivity index (χ3v) is 4.65. The molecular weight excluding hydrogens is 232 g/mol. The monoisotopic (exact) mass is 260 g/mol. The molecule has 0 bridgehead atoms. The van der Waals surface area contributed by atoms with Crippen molar-refractivity contribution in [3.63, 3.8) is 0 Å². The Bertz CT molecular complexity index is 392. The van der Waals surface area contributed by atoms with E-state index in [1.807, 2.05) is 0 Å². The summed E-state index contributed by atoms with van der Waals surface area (Å²) in [5.74, 6) is 1.47. The summed E-state index contributed by atoms with van der Waals surface area (Å²) < 4.78 is 0. The maximum Gasteiger partial charge on any atom is 0.0470 e. The van der Waals surface area contributed by atoms with Crippen LogP contribution in [0.15, 0.2) is 24.3 Å². The van der Waals surface area contributed by atoms with Crippen LogP contribution in [0.2, 0.25) is 0 Å². The van der Waals surface area contributed by atoms with Crippen LogP contribution in [0.4, 0.5) is 0 Å². The highest BCUT2D eigenvalue weighted by molar-refractivity contribution is 5.27. The van der Waals surface area contributed by atoms with Gasteiger partial charge in [-0.25, -0.2) is 0 Å². The van der Waals surface area contributed by atoms with Gasteiger partial charge in [0.05, 0.1) is 0 Å². The summed E-state index contributed by atoms with van der Waals surface area (Å²) >= 11 is 0. The second-order valence-corrected chi connectivity index (χ2v) is 6.32. The van der Waals surface area contributed by atoms with Crippen molar-refractivity contribution in [2.45, 2.75) is 51.6 Å². The minimum absolute atomic E-state index is 0.344. The molecule has 1 saturated carbocycles. The second-order valence-electron chi connectivity index (χ2n) is 6.32. The standard InChI is InChI=1S/C17H28N2/c1-12(2)14-5-9-16(10-6-14)17(11-18)19(4)13(3)15-7-8-15/h5-6,9-10,12-13,15,17H,7-8,11,18H2,1-4H3. The SMILES string of the molecule is CC(C)c1ccc(C(CN)N(C)C(C)C2CC2)cc1. The van der Waals surface area contributed by atoms with E-state index in [4.69, 9.17) is 5.73 Å². The van der Waals surface area contributed by atoms with Crippen LogP contribution in [0.25, 0.3) is 0 Å². The normalized spacial score (nSPS) is 18.9. The van der Waals surface area contributed by atoms with Crippen molar-refractivity contribution >= 4 is 0 Å². The van der Waals surface area contributed by atoms with Gasteiger partial charge >= 0.3 is 0 Å².